The second kappa shape index (κ2) is 6.28. The molecule has 0 heterocycles. The van der Waals surface area contributed by atoms with E-state index in [1.54, 1.807) is 14.2 Å². The third-order valence-corrected chi connectivity index (χ3v) is 3.15. The van der Waals surface area contributed by atoms with Gasteiger partial charge in [0.25, 0.3) is 0 Å². The van der Waals surface area contributed by atoms with Crippen molar-refractivity contribution in [3.8, 4) is 5.75 Å². The van der Waals surface area contributed by atoms with E-state index in [-0.39, 0.29) is 12.5 Å². The molecular formula is C14H20F3NO. The lowest BCUT2D eigenvalue weighted by Gasteiger charge is -2.20. The Morgan fingerprint density at radius 3 is 2.11 bits per heavy atom. The van der Waals surface area contributed by atoms with Crippen LogP contribution in [0, 0.1) is 13.8 Å². The minimum Gasteiger partial charge on any atom is -0.496 e. The zero-order valence-corrected chi connectivity index (χ0v) is 11.7. The quantitative estimate of drug-likeness (QED) is 0.879. The van der Waals surface area contributed by atoms with Gasteiger partial charge in [-0.05, 0) is 44.0 Å². The molecule has 1 unspecified atom stereocenters. The van der Waals surface area contributed by atoms with Gasteiger partial charge in [-0.15, -0.1) is 0 Å². The predicted octanol–water partition coefficient (Wildman–Crippen LogP) is 3.92. The molecule has 0 saturated heterocycles. The van der Waals surface area contributed by atoms with Crippen molar-refractivity contribution in [1.82, 2.24) is 5.32 Å². The Hall–Kier alpha value is -1.23. The summed E-state index contributed by atoms with van der Waals surface area (Å²) in [5.41, 5.74) is 2.73. The normalized spacial score (nSPS) is 13.4. The van der Waals surface area contributed by atoms with Crippen molar-refractivity contribution in [2.24, 2.45) is 0 Å². The number of benzene rings is 1. The molecule has 0 spiro atoms. The van der Waals surface area contributed by atoms with Crippen molar-refractivity contribution in [3.63, 3.8) is 0 Å². The Kier molecular flexibility index (Phi) is 5.23. The highest BCUT2D eigenvalue weighted by molar-refractivity contribution is 5.44. The number of nitrogens with one attached hydrogen (secondary N) is 1. The van der Waals surface area contributed by atoms with Crippen LogP contribution in [0.3, 0.4) is 0 Å². The van der Waals surface area contributed by atoms with Crippen molar-refractivity contribution in [2.45, 2.75) is 38.9 Å². The fourth-order valence-corrected chi connectivity index (χ4v) is 2.29. The molecule has 0 bridgehead atoms. The Labute approximate surface area is 112 Å². The molecule has 5 heteroatoms. The first-order valence-electron chi connectivity index (χ1n) is 6.17. The Bertz CT molecular complexity index is 406. The number of methoxy groups -OCH3 is 1. The van der Waals surface area contributed by atoms with E-state index in [1.165, 1.54) is 0 Å². The lowest BCUT2D eigenvalue weighted by molar-refractivity contribution is -0.136. The predicted molar refractivity (Wildman–Crippen MR) is 69.6 cm³/mol. The van der Waals surface area contributed by atoms with Gasteiger partial charge < -0.3 is 10.1 Å². The SMILES string of the molecule is CNC(CCC(F)(F)F)c1cc(C)c(OC)c(C)c1. The van der Waals surface area contributed by atoms with Crippen LogP contribution in [0.5, 0.6) is 5.75 Å². The van der Waals surface area contributed by atoms with Crippen molar-refractivity contribution in [1.29, 1.82) is 0 Å². The minimum absolute atomic E-state index is 0.0329. The van der Waals surface area contributed by atoms with E-state index in [1.807, 2.05) is 26.0 Å². The van der Waals surface area contributed by atoms with Crippen LogP contribution >= 0.6 is 0 Å². The van der Waals surface area contributed by atoms with Gasteiger partial charge in [0.15, 0.2) is 0 Å². The number of hydrogen-bond donors (Lipinski definition) is 1. The zero-order chi connectivity index (χ0) is 14.6. The number of rotatable bonds is 5. The third kappa shape index (κ3) is 4.42. The lowest BCUT2D eigenvalue weighted by Crippen LogP contribution is -2.20. The zero-order valence-electron chi connectivity index (χ0n) is 11.7. The third-order valence-electron chi connectivity index (χ3n) is 3.15. The van der Waals surface area contributed by atoms with E-state index in [9.17, 15) is 13.2 Å². The second-order valence-corrected chi connectivity index (χ2v) is 4.68. The van der Waals surface area contributed by atoms with E-state index in [0.29, 0.717) is 0 Å². The molecule has 0 amide bonds. The number of halogens is 3. The van der Waals surface area contributed by atoms with Gasteiger partial charge in [0.2, 0.25) is 0 Å². The van der Waals surface area contributed by atoms with Gasteiger partial charge in [0.1, 0.15) is 5.75 Å². The minimum atomic E-state index is -4.12. The van der Waals surface area contributed by atoms with Crippen LogP contribution in [-0.2, 0) is 0 Å². The summed E-state index contributed by atoms with van der Waals surface area (Å²) in [6, 6.07) is 3.46. The first kappa shape index (κ1) is 15.8. The summed E-state index contributed by atoms with van der Waals surface area (Å²) >= 11 is 0. The molecule has 0 aromatic heterocycles. The maximum atomic E-state index is 12.3. The summed E-state index contributed by atoms with van der Waals surface area (Å²) in [5, 5.41) is 2.94. The number of aryl methyl sites for hydroxylation is 2. The molecule has 0 radical (unpaired) electrons. The van der Waals surface area contributed by atoms with E-state index in [2.05, 4.69) is 5.32 Å². The molecule has 1 atom stereocenters. The molecule has 108 valence electrons. The standard InChI is InChI=1S/C14H20F3NO/c1-9-7-11(8-10(2)13(9)19-4)12(18-3)5-6-14(15,16)17/h7-8,12,18H,5-6H2,1-4H3. The van der Waals surface area contributed by atoms with Gasteiger partial charge in [0.05, 0.1) is 7.11 Å². The summed E-state index contributed by atoms with van der Waals surface area (Å²) in [6.45, 7) is 3.79. The van der Waals surface area contributed by atoms with Gasteiger partial charge >= 0.3 is 6.18 Å². The number of ether oxygens (including phenoxy) is 1. The summed E-state index contributed by atoms with van der Waals surface area (Å²) in [6.07, 6.45) is -4.88. The van der Waals surface area contributed by atoms with Crippen LogP contribution in [0.4, 0.5) is 13.2 Å². The van der Waals surface area contributed by atoms with Gasteiger partial charge in [-0.25, -0.2) is 0 Å². The van der Waals surface area contributed by atoms with Crippen LogP contribution < -0.4 is 10.1 Å². The lowest BCUT2D eigenvalue weighted by atomic mass is 9.97. The average Bonchev–Trinajstić information content (AvgIpc) is 2.28. The van der Waals surface area contributed by atoms with E-state index < -0.39 is 12.6 Å². The fraction of sp³-hybridized carbons (Fsp3) is 0.571. The van der Waals surface area contributed by atoms with E-state index in [0.717, 1.165) is 22.4 Å². The Morgan fingerprint density at radius 1 is 1.21 bits per heavy atom. The Morgan fingerprint density at radius 2 is 1.74 bits per heavy atom. The van der Waals surface area contributed by atoms with Gasteiger partial charge in [0, 0.05) is 12.5 Å². The molecular weight excluding hydrogens is 255 g/mol. The van der Waals surface area contributed by atoms with E-state index in [4.69, 9.17) is 4.74 Å². The van der Waals surface area contributed by atoms with Gasteiger partial charge in [-0.2, -0.15) is 13.2 Å². The van der Waals surface area contributed by atoms with Crippen LogP contribution in [0.1, 0.15) is 35.6 Å². The molecule has 1 aromatic carbocycles. The number of hydrogen-bond acceptors (Lipinski definition) is 2. The molecule has 0 aliphatic heterocycles. The molecule has 19 heavy (non-hydrogen) atoms. The molecule has 1 aromatic rings. The monoisotopic (exact) mass is 275 g/mol. The largest absolute Gasteiger partial charge is 0.496 e. The maximum Gasteiger partial charge on any atom is 0.389 e. The summed E-state index contributed by atoms with van der Waals surface area (Å²) < 4.78 is 42.2. The molecule has 0 fully saturated rings. The summed E-state index contributed by atoms with van der Waals surface area (Å²) in [4.78, 5) is 0. The van der Waals surface area contributed by atoms with Crippen LogP contribution in [0.2, 0.25) is 0 Å². The highest BCUT2D eigenvalue weighted by atomic mass is 19.4. The molecule has 1 rings (SSSR count). The highest BCUT2D eigenvalue weighted by Gasteiger charge is 2.28. The van der Waals surface area contributed by atoms with E-state index >= 15 is 0 Å². The number of alkyl halides is 3. The first-order valence-corrected chi connectivity index (χ1v) is 6.17. The fourth-order valence-electron chi connectivity index (χ4n) is 2.29. The van der Waals surface area contributed by atoms with Crippen LogP contribution in [-0.4, -0.2) is 20.3 Å². The van der Waals surface area contributed by atoms with Gasteiger partial charge in [-0.1, -0.05) is 12.1 Å². The smallest absolute Gasteiger partial charge is 0.389 e. The molecule has 2 nitrogen and oxygen atoms in total. The molecule has 0 aliphatic rings. The van der Waals surface area contributed by atoms with Crippen molar-refractivity contribution in [3.05, 3.63) is 28.8 Å². The highest BCUT2D eigenvalue weighted by Crippen LogP contribution is 2.31. The second-order valence-electron chi connectivity index (χ2n) is 4.68. The molecule has 0 aliphatic carbocycles. The summed E-state index contributed by atoms with van der Waals surface area (Å²) in [7, 11) is 3.27. The average molecular weight is 275 g/mol. The topological polar surface area (TPSA) is 21.3 Å². The first-order chi connectivity index (χ1) is 8.78. The van der Waals surface area contributed by atoms with Crippen LogP contribution in [0.15, 0.2) is 12.1 Å². The van der Waals surface area contributed by atoms with Gasteiger partial charge in [-0.3, -0.25) is 0 Å². The molecule has 0 saturated carbocycles. The maximum absolute atomic E-state index is 12.3. The van der Waals surface area contributed by atoms with Crippen molar-refractivity contribution >= 4 is 0 Å². The molecule has 1 N–H and O–H groups in total. The Balaban J connectivity index is 2.93. The van der Waals surface area contributed by atoms with Crippen LogP contribution in [0.25, 0.3) is 0 Å². The van der Waals surface area contributed by atoms with Crippen molar-refractivity contribution in [2.75, 3.05) is 14.2 Å². The van der Waals surface area contributed by atoms with Crippen molar-refractivity contribution < 1.29 is 17.9 Å². The summed E-state index contributed by atoms with van der Waals surface area (Å²) in [5.74, 6) is 0.787.